The quantitative estimate of drug-likeness (QED) is 0.372. The molecular formula is C24H39N3O5. The summed E-state index contributed by atoms with van der Waals surface area (Å²) in [4.78, 5) is 27.2. The van der Waals surface area contributed by atoms with Crippen LogP contribution in [-0.4, -0.2) is 76.0 Å². The first-order valence-electron chi connectivity index (χ1n) is 11.6. The molecule has 0 aliphatic carbocycles. The Bertz CT molecular complexity index is 685. The number of carbonyl (C=O) groups excluding carboxylic acids is 2. The van der Waals surface area contributed by atoms with E-state index in [0.717, 1.165) is 31.2 Å². The fourth-order valence-corrected chi connectivity index (χ4v) is 3.80. The number of rotatable bonds is 16. The lowest BCUT2D eigenvalue weighted by atomic mass is 9.92. The molecule has 0 saturated carbocycles. The number of carbonyl (C=O) groups is 2. The molecule has 3 N–H and O–H groups in total. The molecule has 1 atom stereocenters. The molecule has 8 nitrogen and oxygen atoms in total. The normalized spacial score (nSPS) is 15.4. The highest BCUT2D eigenvalue weighted by atomic mass is 16.5. The van der Waals surface area contributed by atoms with E-state index in [1.807, 2.05) is 18.2 Å². The van der Waals surface area contributed by atoms with Gasteiger partial charge in [0.25, 0.3) is 0 Å². The Labute approximate surface area is 191 Å². The van der Waals surface area contributed by atoms with Gasteiger partial charge in [-0.3, -0.25) is 9.59 Å². The molecular weight excluding hydrogens is 410 g/mol. The highest BCUT2D eigenvalue weighted by Gasteiger charge is 2.31. The molecule has 0 aromatic heterocycles. The molecule has 0 radical (unpaired) electrons. The van der Waals surface area contributed by atoms with E-state index in [1.54, 1.807) is 12.0 Å². The van der Waals surface area contributed by atoms with Crippen molar-refractivity contribution in [1.29, 1.82) is 0 Å². The molecule has 32 heavy (non-hydrogen) atoms. The molecule has 1 aliphatic rings. The molecule has 0 fully saturated rings. The van der Waals surface area contributed by atoms with Crippen molar-refractivity contribution in [2.45, 2.75) is 51.1 Å². The van der Waals surface area contributed by atoms with Crippen LogP contribution < -0.4 is 11.1 Å². The van der Waals surface area contributed by atoms with E-state index < -0.39 is 0 Å². The van der Waals surface area contributed by atoms with Gasteiger partial charge in [-0.2, -0.15) is 0 Å². The molecule has 1 aromatic rings. The van der Waals surface area contributed by atoms with Crippen molar-refractivity contribution in [3.63, 3.8) is 0 Å². The molecule has 8 heteroatoms. The predicted molar refractivity (Wildman–Crippen MR) is 123 cm³/mol. The second-order valence-electron chi connectivity index (χ2n) is 8.06. The van der Waals surface area contributed by atoms with E-state index in [0.29, 0.717) is 58.9 Å². The van der Waals surface area contributed by atoms with Gasteiger partial charge in [-0.15, -0.1) is 0 Å². The topological polar surface area (TPSA) is 103 Å². The number of unbranched alkanes of at least 4 members (excludes halogenated alkanes) is 3. The maximum atomic E-state index is 12.9. The SMILES string of the molecule is COCCOCCOCC(=O)N1Cc2ccccc2CC1CC(=O)NCCCCCCN. The first-order valence-corrected chi connectivity index (χ1v) is 11.6. The summed E-state index contributed by atoms with van der Waals surface area (Å²) in [5, 5.41) is 3.00. The van der Waals surface area contributed by atoms with Gasteiger partial charge in [0, 0.05) is 32.7 Å². The second kappa shape index (κ2) is 15.7. The molecule has 0 saturated heterocycles. The average Bonchev–Trinajstić information content (AvgIpc) is 2.80. The van der Waals surface area contributed by atoms with Crippen molar-refractivity contribution in [2.24, 2.45) is 5.73 Å². The van der Waals surface area contributed by atoms with Crippen LogP contribution in [0.2, 0.25) is 0 Å². The number of amides is 2. The van der Waals surface area contributed by atoms with Crippen LogP contribution in [0.15, 0.2) is 24.3 Å². The van der Waals surface area contributed by atoms with Crippen LogP contribution >= 0.6 is 0 Å². The lowest BCUT2D eigenvalue weighted by molar-refractivity contribution is -0.141. The summed E-state index contributed by atoms with van der Waals surface area (Å²) in [6, 6.07) is 7.93. The van der Waals surface area contributed by atoms with Crippen LogP contribution in [0.3, 0.4) is 0 Å². The number of hydrogen-bond donors (Lipinski definition) is 2. The van der Waals surface area contributed by atoms with Crippen LogP contribution in [0, 0.1) is 0 Å². The van der Waals surface area contributed by atoms with Gasteiger partial charge in [0.2, 0.25) is 11.8 Å². The Morgan fingerprint density at radius 3 is 2.53 bits per heavy atom. The van der Waals surface area contributed by atoms with Crippen LogP contribution in [0.4, 0.5) is 0 Å². The van der Waals surface area contributed by atoms with Gasteiger partial charge in [-0.25, -0.2) is 0 Å². The molecule has 1 aliphatic heterocycles. The Kier molecular flexibility index (Phi) is 12.9. The number of fused-ring (bicyclic) bond motifs is 1. The van der Waals surface area contributed by atoms with Gasteiger partial charge in [-0.1, -0.05) is 37.1 Å². The van der Waals surface area contributed by atoms with E-state index in [-0.39, 0.29) is 24.5 Å². The van der Waals surface area contributed by atoms with Crippen LogP contribution in [-0.2, 0) is 36.8 Å². The summed E-state index contributed by atoms with van der Waals surface area (Å²) in [7, 11) is 1.62. The van der Waals surface area contributed by atoms with E-state index in [9.17, 15) is 9.59 Å². The summed E-state index contributed by atoms with van der Waals surface area (Å²) in [5.74, 6) is -0.116. The van der Waals surface area contributed by atoms with Gasteiger partial charge < -0.3 is 30.2 Å². The predicted octanol–water partition coefficient (Wildman–Crippen LogP) is 1.64. The minimum atomic E-state index is -0.170. The van der Waals surface area contributed by atoms with Gasteiger partial charge in [0.05, 0.1) is 26.4 Å². The molecule has 2 amide bonds. The smallest absolute Gasteiger partial charge is 0.249 e. The van der Waals surface area contributed by atoms with Crippen LogP contribution in [0.25, 0.3) is 0 Å². The van der Waals surface area contributed by atoms with Crippen molar-refractivity contribution < 1.29 is 23.8 Å². The zero-order valence-corrected chi connectivity index (χ0v) is 19.4. The van der Waals surface area contributed by atoms with E-state index in [1.165, 1.54) is 5.56 Å². The van der Waals surface area contributed by atoms with Gasteiger partial charge >= 0.3 is 0 Å². The maximum Gasteiger partial charge on any atom is 0.249 e. The fraction of sp³-hybridized carbons (Fsp3) is 0.667. The Morgan fingerprint density at radius 1 is 1.03 bits per heavy atom. The molecule has 2 rings (SSSR count). The first-order chi connectivity index (χ1) is 15.7. The lowest BCUT2D eigenvalue weighted by Gasteiger charge is -2.36. The molecule has 180 valence electrons. The standard InChI is InChI=1S/C24H39N3O5/c1-30-12-13-31-14-15-32-19-24(29)27-18-21-9-5-4-8-20(21)16-22(27)17-23(28)26-11-7-3-2-6-10-25/h4-5,8-9,22H,2-3,6-7,10-19,25H2,1H3,(H,26,28). The van der Waals surface area contributed by atoms with Gasteiger partial charge in [-0.05, 0) is 36.9 Å². The minimum Gasteiger partial charge on any atom is -0.382 e. The zero-order valence-electron chi connectivity index (χ0n) is 19.4. The monoisotopic (exact) mass is 449 g/mol. The zero-order chi connectivity index (χ0) is 23.0. The number of nitrogens with zero attached hydrogens (tertiary/aromatic N) is 1. The van der Waals surface area contributed by atoms with Crippen molar-refractivity contribution >= 4 is 11.8 Å². The summed E-state index contributed by atoms with van der Waals surface area (Å²) in [6.45, 7) is 3.64. The summed E-state index contributed by atoms with van der Waals surface area (Å²) >= 11 is 0. The number of nitrogens with one attached hydrogen (secondary N) is 1. The van der Waals surface area contributed by atoms with Crippen molar-refractivity contribution in [1.82, 2.24) is 10.2 Å². The van der Waals surface area contributed by atoms with Crippen LogP contribution in [0.5, 0.6) is 0 Å². The van der Waals surface area contributed by atoms with E-state index in [4.69, 9.17) is 19.9 Å². The van der Waals surface area contributed by atoms with E-state index >= 15 is 0 Å². The molecule has 0 spiro atoms. The maximum absolute atomic E-state index is 12.9. The van der Waals surface area contributed by atoms with E-state index in [2.05, 4.69) is 11.4 Å². The van der Waals surface area contributed by atoms with Crippen molar-refractivity contribution in [3.8, 4) is 0 Å². The molecule has 1 aromatic carbocycles. The highest BCUT2D eigenvalue weighted by molar-refractivity contribution is 5.81. The average molecular weight is 450 g/mol. The van der Waals surface area contributed by atoms with Crippen molar-refractivity contribution in [2.75, 3.05) is 53.2 Å². The number of benzene rings is 1. The minimum absolute atomic E-state index is 0.0153. The van der Waals surface area contributed by atoms with Crippen LogP contribution in [0.1, 0.15) is 43.2 Å². The molecule has 0 bridgehead atoms. The number of methoxy groups -OCH3 is 1. The summed E-state index contributed by atoms with van der Waals surface area (Å²) in [6.07, 6.45) is 5.09. The summed E-state index contributed by atoms with van der Waals surface area (Å²) in [5.41, 5.74) is 7.83. The Balaban J connectivity index is 1.82. The molecule has 1 heterocycles. The third-order valence-electron chi connectivity index (χ3n) is 5.58. The Hall–Kier alpha value is -2.00. The van der Waals surface area contributed by atoms with Gasteiger partial charge in [0.15, 0.2) is 0 Å². The van der Waals surface area contributed by atoms with Gasteiger partial charge in [0.1, 0.15) is 6.61 Å². The largest absolute Gasteiger partial charge is 0.382 e. The number of hydrogen-bond acceptors (Lipinski definition) is 6. The third-order valence-corrected chi connectivity index (χ3v) is 5.58. The highest BCUT2D eigenvalue weighted by Crippen LogP contribution is 2.25. The number of ether oxygens (including phenoxy) is 3. The first kappa shape index (κ1) is 26.3. The second-order valence-corrected chi connectivity index (χ2v) is 8.06. The third kappa shape index (κ3) is 9.65. The Morgan fingerprint density at radius 2 is 1.75 bits per heavy atom. The lowest BCUT2D eigenvalue weighted by Crippen LogP contribution is -2.48. The number of nitrogens with two attached hydrogens (primary N) is 1. The summed E-state index contributed by atoms with van der Waals surface area (Å²) < 4.78 is 15.8. The van der Waals surface area contributed by atoms with Crippen molar-refractivity contribution in [3.05, 3.63) is 35.4 Å². The molecule has 1 unspecified atom stereocenters. The fourth-order valence-electron chi connectivity index (χ4n) is 3.80.